The zero-order valence-electron chi connectivity index (χ0n) is 16.1. The minimum atomic E-state index is -0.905. The predicted octanol–water partition coefficient (Wildman–Crippen LogP) is 5.94. The van der Waals surface area contributed by atoms with Gasteiger partial charge in [-0.3, -0.25) is 4.79 Å². The summed E-state index contributed by atoms with van der Waals surface area (Å²) in [5, 5.41) is 15.3. The summed E-state index contributed by atoms with van der Waals surface area (Å²) in [6, 6.07) is 5.38. The molecule has 0 aliphatic rings. The van der Waals surface area contributed by atoms with Gasteiger partial charge < -0.3 is 10.4 Å². The van der Waals surface area contributed by atoms with Gasteiger partial charge in [-0.2, -0.15) is 0 Å². The minimum Gasteiger partial charge on any atom is -0.480 e. The van der Waals surface area contributed by atoms with Crippen molar-refractivity contribution in [2.75, 3.05) is 11.9 Å². The third kappa shape index (κ3) is 6.46. The van der Waals surface area contributed by atoms with Crippen molar-refractivity contribution in [2.45, 2.75) is 29.4 Å². The quantitative estimate of drug-likeness (QED) is 0.366. The number of aliphatic carboxylic acids is 1. The highest BCUT2D eigenvalue weighted by atomic mass is 35.5. The van der Waals surface area contributed by atoms with E-state index in [0.29, 0.717) is 29.0 Å². The number of aromatic nitrogens is 3. The van der Waals surface area contributed by atoms with Gasteiger partial charge in [0.05, 0.1) is 15.7 Å². The molecule has 2 heterocycles. The van der Waals surface area contributed by atoms with Crippen molar-refractivity contribution in [2.24, 2.45) is 0 Å². The fourth-order valence-corrected chi connectivity index (χ4v) is 4.78. The van der Waals surface area contributed by atoms with Crippen molar-refractivity contribution in [1.82, 2.24) is 15.0 Å². The summed E-state index contributed by atoms with van der Waals surface area (Å²) in [6.07, 6.45) is 4.13. The molecule has 2 N–H and O–H groups in total. The molecular formula is C19H19Cl3N4O2S2. The molecular weight excluding hydrogens is 487 g/mol. The largest absolute Gasteiger partial charge is 0.480 e. The molecule has 0 saturated carbocycles. The summed E-state index contributed by atoms with van der Waals surface area (Å²) >= 11 is 14.7. The van der Waals surface area contributed by atoms with E-state index in [0.717, 1.165) is 21.2 Å². The number of carbonyl (C=O) groups is 1. The van der Waals surface area contributed by atoms with Crippen molar-refractivity contribution < 1.29 is 9.90 Å². The Morgan fingerprint density at radius 3 is 2.53 bits per heavy atom. The van der Waals surface area contributed by atoms with E-state index in [-0.39, 0.29) is 12.4 Å². The first-order valence-electron chi connectivity index (χ1n) is 8.63. The summed E-state index contributed by atoms with van der Waals surface area (Å²) in [6.45, 7) is 3.95. The highest BCUT2D eigenvalue weighted by molar-refractivity contribution is 8.03. The van der Waals surface area contributed by atoms with Gasteiger partial charge in [0, 0.05) is 36.3 Å². The Morgan fingerprint density at radius 1 is 1.20 bits per heavy atom. The number of rotatable bonds is 8. The number of benzene rings is 1. The second kappa shape index (κ2) is 10.6. The number of thiazole rings is 1. The molecule has 11 heteroatoms. The molecule has 1 aromatic carbocycles. The molecule has 0 atom stereocenters. The summed E-state index contributed by atoms with van der Waals surface area (Å²) < 4.78 is -0.160. The van der Waals surface area contributed by atoms with Gasteiger partial charge in [-0.25, -0.2) is 15.0 Å². The van der Waals surface area contributed by atoms with Crippen LogP contribution >= 0.6 is 58.7 Å². The lowest BCUT2D eigenvalue weighted by atomic mass is 10.1. The molecule has 0 aliphatic heterocycles. The van der Waals surface area contributed by atoms with Crippen LogP contribution in [0.5, 0.6) is 0 Å². The third-order valence-corrected chi connectivity index (χ3v) is 6.87. The number of thioether (sulfide) groups is 1. The Bertz CT molecular complexity index is 1010. The molecule has 0 fully saturated rings. The van der Waals surface area contributed by atoms with Crippen molar-refractivity contribution >= 4 is 70.6 Å². The van der Waals surface area contributed by atoms with Crippen molar-refractivity contribution in [3.8, 4) is 11.1 Å². The zero-order chi connectivity index (χ0) is 21.0. The number of nitrogens with one attached hydrogen (secondary N) is 1. The monoisotopic (exact) mass is 504 g/mol. The normalized spacial score (nSPS) is 11.1. The maximum atomic E-state index is 11.2. The van der Waals surface area contributed by atoms with Crippen molar-refractivity contribution in [1.29, 1.82) is 0 Å². The van der Waals surface area contributed by atoms with Crippen molar-refractivity contribution in [3.63, 3.8) is 0 Å². The fraction of sp³-hybridized carbons (Fsp3) is 0.263. The van der Waals surface area contributed by atoms with E-state index in [9.17, 15) is 9.90 Å². The summed E-state index contributed by atoms with van der Waals surface area (Å²) in [5.74, 6) is -0.340. The highest BCUT2D eigenvalue weighted by Crippen LogP contribution is 2.34. The fourth-order valence-electron chi connectivity index (χ4n) is 2.26. The van der Waals surface area contributed by atoms with E-state index in [1.54, 1.807) is 38.4 Å². The lowest BCUT2D eigenvalue weighted by molar-refractivity contribution is -0.138. The molecule has 0 saturated heterocycles. The van der Waals surface area contributed by atoms with E-state index in [4.69, 9.17) is 23.2 Å². The average Bonchev–Trinajstić information content (AvgIpc) is 3.11. The lowest BCUT2D eigenvalue weighted by Gasteiger charge is -2.15. The summed E-state index contributed by atoms with van der Waals surface area (Å²) in [7, 11) is 0. The van der Waals surface area contributed by atoms with Crippen LogP contribution in [-0.2, 0) is 11.2 Å². The molecule has 0 bridgehead atoms. The first-order chi connectivity index (χ1) is 13.7. The Morgan fingerprint density at radius 2 is 1.90 bits per heavy atom. The van der Waals surface area contributed by atoms with Crippen LogP contribution in [0.3, 0.4) is 0 Å². The number of hydrogen-bond donors (Lipinski definition) is 2. The molecule has 0 radical (unpaired) electrons. The standard InChI is InChI=1S/C19H18Cl2N4O2S2.ClH/c1-19(2,16(26)27)29-18-25-13(10-28-18)5-6-22-17-23-8-12(9-24-17)11-3-4-14(20)15(21)7-11;/h3-4,7-10H,5-6H2,1-2H3,(H,26,27)(H,22,23,24);1H. The molecule has 0 aliphatic carbocycles. The number of carboxylic acid groups (broad SMARTS) is 1. The second-order valence-electron chi connectivity index (χ2n) is 6.62. The number of nitrogens with zero attached hydrogens (tertiary/aromatic N) is 3. The lowest BCUT2D eigenvalue weighted by Crippen LogP contribution is -2.26. The van der Waals surface area contributed by atoms with Gasteiger partial charge in [0.2, 0.25) is 5.95 Å². The molecule has 30 heavy (non-hydrogen) atoms. The van der Waals surface area contributed by atoms with E-state index in [1.165, 1.54) is 23.1 Å². The van der Waals surface area contributed by atoms with Crippen LogP contribution in [-0.4, -0.2) is 37.3 Å². The first kappa shape index (κ1) is 24.7. The minimum absolute atomic E-state index is 0. The Labute approximate surface area is 198 Å². The smallest absolute Gasteiger partial charge is 0.319 e. The maximum absolute atomic E-state index is 11.2. The second-order valence-corrected chi connectivity index (χ2v) is 10.2. The van der Waals surface area contributed by atoms with Crippen LogP contribution in [0.2, 0.25) is 10.0 Å². The maximum Gasteiger partial charge on any atom is 0.319 e. The number of anilines is 1. The zero-order valence-corrected chi connectivity index (χ0v) is 20.0. The molecule has 0 unspecified atom stereocenters. The van der Waals surface area contributed by atoms with Gasteiger partial charge in [-0.05, 0) is 31.5 Å². The van der Waals surface area contributed by atoms with Crippen LogP contribution < -0.4 is 5.32 Å². The summed E-state index contributed by atoms with van der Waals surface area (Å²) in [5.41, 5.74) is 2.64. The van der Waals surface area contributed by atoms with Gasteiger partial charge in [-0.1, -0.05) is 41.0 Å². The van der Waals surface area contributed by atoms with Crippen LogP contribution in [0.15, 0.2) is 40.3 Å². The third-order valence-electron chi connectivity index (χ3n) is 3.96. The van der Waals surface area contributed by atoms with Gasteiger partial charge in [0.25, 0.3) is 0 Å². The van der Waals surface area contributed by atoms with E-state index in [2.05, 4.69) is 20.3 Å². The molecule has 160 valence electrons. The number of hydrogen-bond acceptors (Lipinski definition) is 7. The SMILES string of the molecule is CC(C)(Sc1nc(CCNc2ncc(-c3ccc(Cl)c(Cl)c3)cn2)cs1)C(=O)O.Cl. The van der Waals surface area contributed by atoms with Crippen molar-refractivity contribution in [3.05, 3.63) is 51.7 Å². The predicted molar refractivity (Wildman–Crippen MR) is 127 cm³/mol. The molecule has 2 aromatic heterocycles. The van der Waals surface area contributed by atoms with E-state index >= 15 is 0 Å². The molecule has 3 aromatic rings. The Balaban J connectivity index is 0.00000320. The average molecular weight is 506 g/mol. The topological polar surface area (TPSA) is 88.0 Å². The van der Waals surface area contributed by atoms with Crippen LogP contribution in [0.4, 0.5) is 5.95 Å². The molecule has 0 spiro atoms. The van der Waals surface area contributed by atoms with E-state index in [1.807, 2.05) is 11.4 Å². The van der Waals surface area contributed by atoms with Gasteiger partial charge >= 0.3 is 5.97 Å². The van der Waals surface area contributed by atoms with Crippen LogP contribution in [0.25, 0.3) is 11.1 Å². The Kier molecular flexibility index (Phi) is 8.75. The Hall–Kier alpha value is -1.58. The number of halogens is 3. The van der Waals surface area contributed by atoms with E-state index < -0.39 is 10.7 Å². The first-order valence-corrected chi connectivity index (χ1v) is 11.1. The van der Waals surface area contributed by atoms with Gasteiger partial charge in [0.1, 0.15) is 4.75 Å². The van der Waals surface area contributed by atoms with Crippen LogP contribution in [0.1, 0.15) is 19.5 Å². The highest BCUT2D eigenvalue weighted by Gasteiger charge is 2.29. The van der Waals surface area contributed by atoms with Gasteiger partial charge in [0.15, 0.2) is 4.34 Å². The molecule has 3 rings (SSSR count). The molecule has 6 nitrogen and oxygen atoms in total. The molecule has 0 amide bonds. The van der Waals surface area contributed by atoms with Gasteiger partial charge in [-0.15, -0.1) is 23.7 Å². The number of carboxylic acids is 1. The van der Waals surface area contributed by atoms with Crippen LogP contribution in [0, 0.1) is 0 Å². The summed E-state index contributed by atoms with van der Waals surface area (Å²) in [4.78, 5) is 24.4.